The molecule has 0 unspecified atom stereocenters. The second-order valence-electron chi connectivity index (χ2n) is 2.50. The average Bonchev–Trinajstić information content (AvgIpc) is 2.16. The quantitative estimate of drug-likeness (QED) is 0.738. The van der Waals surface area contributed by atoms with E-state index in [0.29, 0.717) is 0 Å². The SMILES string of the molecule is O=C(O)c1cccc(C=S)c1C(=O)O. The molecule has 0 spiro atoms. The Labute approximate surface area is 84.8 Å². The summed E-state index contributed by atoms with van der Waals surface area (Å²) in [6.07, 6.45) is 0. The van der Waals surface area contributed by atoms with Crippen LogP contribution < -0.4 is 0 Å². The first kappa shape index (κ1) is 10.3. The van der Waals surface area contributed by atoms with E-state index in [1.54, 1.807) is 0 Å². The minimum atomic E-state index is -1.29. The molecule has 0 atom stereocenters. The molecule has 72 valence electrons. The number of thiocarbonyl (C=S) groups is 1. The van der Waals surface area contributed by atoms with Crippen LogP contribution in [0.1, 0.15) is 26.3 Å². The summed E-state index contributed by atoms with van der Waals surface area (Å²) in [7, 11) is 0. The van der Waals surface area contributed by atoms with Crippen molar-refractivity contribution >= 4 is 29.5 Å². The van der Waals surface area contributed by atoms with Crippen LogP contribution in [-0.2, 0) is 0 Å². The molecule has 0 fully saturated rings. The van der Waals surface area contributed by atoms with E-state index in [4.69, 9.17) is 10.2 Å². The van der Waals surface area contributed by atoms with Gasteiger partial charge in [0.1, 0.15) is 0 Å². The fourth-order valence-electron chi connectivity index (χ4n) is 1.09. The van der Waals surface area contributed by atoms with Crippen LogP contribution in [0.2, 0.25) is 0 Å². The topological polar surface area (TPSA) is 74.6 Å². The van der Waals surface area contributed by atoms with Gasteiger partial charge in [-0.1, -0.05) is 24.4 Å². The molecule has 1 rings (SSSR count). The van der Waals surface area contributed by atoms with E-state index in [-0.39, 0.29) is 16.7 Å². The largest absolute Gasteiger partial charge is 0.478 e. The van der Waals surface area contributed by atoms with E-state index < -0.39 is 11.9 Å². The second kappa shape index (κ2) is 3.97. The number of hydrogen-bond acceptors (Lipinski definition) is 3. The van der Waals surface area contributed by atoms with Gasteiger partial charge in [-0.2, -0.15) is 0 Å². The first-order chi connectivity index (χ1) is 6.57. The molecule has 1 aromatic rings. The Hall–Kier alpha value is -1.75. The fourth-order valence-corrected chi connectivity index (χ4v) is 1.28. The minimum Gasteiger partial charge on any atom is -0.478 e. The van der Waals surface area contributed by atoms with Crippen molar-refractivity contribution in [3.05, 3.63) is 34.9 Å². The maximum atomic E-state index is 10.8. The maximum Gasteiger partial charge on any atom is 0.337 e. The summed E-state index contributed by atoms with van der Waals surface area (Å²) in [5.74, 6) is -2.57. The molecule has 0 aromatic heterocycles. The van der Waals surface area contributed by atoms with Crippen LogP contribution >= 0.6 is 12.2 Å². The Bertz CT molecular complexity index is 411. The van der Waals surface area contributed by atoms with Gasteiger partial charge in [0.15, 0.2) is 0 Å². The van der Waals surface area contributed by atoms with Crippen molar-refractivity contribution in [2.24, 2.45) is 0 Å². The van der Waals surface area contributed by atoms with Gasteiger partial charge in [0.2, 0.25) is 0 Å². The van der Waals surface area contributed by atoms with Crippen LogP contribution in [0.3, 0.4) is 0 Å². The van der Waals surface area contributed by atoms with Gasteiger partial charge >= 0.3 is 11.9 Å². The number of carboxylic acid groups (broad SMARTS) is 2. The highest BCUT2D eigenvalue weighted by atomic mass is 32.1. The molecule has 0 saturated carbocycles. The van der Waals surface area contributed by atoms with Gasteiger partial charge in [0.25, 0.3) is 0 Å². The van der Waals surface area contributed by atoms with Crippen LogP contribution in [-0.4, -0.2) is 27.5 Å². The molecule has 1 aromatic carbocycles. The summed E-state index contributed by atoms with van der Waals surface area (Å²) in [4.78, 5) is 21.5. The Morgan fingerprint density at radius 3 is 2.29 bits per heavy atom. The van der Waals surface area contributed by atoms with Crippen molar-refractivity contribution in [2.75, 3.05) is 0 Å². The number of rotatable bonds is 3. The lowest BCUT2D eigenvalue weighted by Crippen LogP contribution is -2.10. The second-order valence-corrected chi connectivity index (χ2v) is 2.73. The number of aromatic carboxylic acids is 2. The molecule has 0 aliphatic carbocycles. The van der Waals surface area contributed by atoms with Gasteiger partial charge in [-0.3, -0.25) is 0 Å². The van der Waals surface area contributed by atoms with Crippen molar-refractivity contribution in [1.29, 1.82) is 0 Å². The summed E-state index contributed by atoms with van der Waals surface area (Å²) in [5, 5.41) is 18.7. The number of carboxylic acids is 2. The number of benzene rings is 1. The third kappa shape index (κ3) is 1.77. The van der Waals surface area contributed by atoms with E-state index in [2.05, 4.69) is 12.2 Å². The van der Waals surface area contributed by atoms with E-state index in [0.717, 1.165) is 5.37 Å². The highest BCUT2D eigenvalue weighted by Crippen LogP contribution is 2.13. The summed E-state index contributed by atoms with van der Waals surface area (Å²) < 4.78 is 0. The molecule has 0 heterocycles. The Morgan fingerprint density at radius 2 is 1.86 bits per heavy atom. The smallest absolute Gasteiger partial charge is 0.337 e. The van der Waals surface area contributed by atoms with Crippen LogP contribution in [0.15, 0.2) is 18.2 Å². The predicted molar refractivity (Wildman–Crippen MR) is 53.1 cm³/mol. The van der Waals surface area contributed by atoms with E-state index >= 15 is 0 Å². The highest BCUT2D eigenvalue weighted by molar-refractivity contribution is 7.79. The first-order valence-corrected chi connectivity index (χ1v) is 4.10. The molecule has 0 bridgehead atoms. The zero-order valence-electron chi connectivity index (χ0n) is 6.93. The normalized spacial score (nSPS) is 9.43. The van der Waals surface area contributed by atoms with Gasteiger partial charge < -0.3 is 10.2 Å². The Morgan fingerprint density at radius 1 is 1.21 bits per heavy atom. The zero-order chi connectivity index (χ0) is 10.7. The molecule has 0 aliphatic heterocycles. The van der Waals surface area contributed by atoms with E-state index in [9.17, 15) is 9.59 Å². The lowest BCUT2D eigenvalue weighted by Gasteiger charge is -2.03. The third-order valence-corrected chi connectivity index (χ3v) is 1.92. The van der Waals surface area contributed by atoms with Crippen LogP contribution in [0.25, 0.3) is 0 Å². The molecule has 4 nitrogen and oxygen atoms in total. The summed E-state index contributed by atoms with van der Waals surface area (Å²) in [6, 6.07) is 4.14. The molecular formula is C9H6O4S. The highest BCUT2D eigenvalue weighted by Gasteiger charge is 2.18. The fraction of sp³-hybridized carbons (Fsp3) is 0. The monoisotopic (exact) mass is 210 g/mol. The van der Waals surface area contributed by atoms with E-state index in [1.165, 1.54) is 18.2 Å². The predicted octanol–water partition coefficient (Wildman–Crippen LogP) is 1.43. The van der Waals surface area contributed by atoms with Crippen molar-refractivity contribution < 1.29 is 19.8 Å². The zero-order valence-corrected chi connectivity index (χ0v) is 7.75. The third-order valence-electron chi connectivity index (χ3n) is 1.67. The maximum absolute atomic E-state index is 10.8. The standard InChI is InChI=1S/C9H6O4S/c10-8(11)6-3-1-2-5(4-14)7(6)9(12)13/h1-4H,(H,10,11)(H,12,13). The van der Waals surface area contributed by atoms with Gasteiger partial charge in [-0.15, -0.1) is 0 Å². The molecule has 0 saturated heterocycles. The summed E-state index contributed by atoms with van der Waals surface area (Å²) in [6.45, 7) is 0. The van der Waals surface area contributed by atoms with Gasteiger partial charge in [0.05, 0.1) is 11.1 Å². The van der Waals surface area contributed by atoms with Gasteiger partial charge in [-0.25, -0.2) is 9.59 Å². The van der Waals surface area contributed by atoms with Gasteiger partial charge in [0, 0.05) is 10.9 Å². The molecule has 0 radical (unpaired) electrons. The molecule has 2 N–H and O–H groups in total. The molecule has 0 amide bonds. The van der Waals surface area contributed by atoms with Crippen molar-refractivity contribution in [2.45, 2.75) is 0 Å². The van der Waals surface area contributed by atoms with Crippen molar-refractivity contribution in [3.8, 4) is 0 Å². The lowest BCUT2D eigenvalue weighted by atomic mass is 10.0. The first-order valence-electron chi connectivity index (χ1n) is 3.62. The molecule has 5 heteroatoms. The lowest BCUT2D eigenvalue weighted by molar-refractivity contribution is 0.0651. The Kier molecular flexibility index (Phi) is 2.93. The molecular weight excluding hydrogens is 204 g/mol. The van der Waals surface area contributed by atoms with Crippen LogP contribution in [0.5, 0.6) is 0 Å². The van der Waals surface area contributed by atoms with Gasteiger partial charge in [-0.05, 0) is 6.07 Å². The number of hydrogen-bond donors (Lipinski definition) is 2. The van der Waals surface area contributed by atoms with Crippen molar-refractivity contribution in [3.63, 3.8) is 0 Å². The summed E-state index contributed by atoms with van der Waals surface area (Å²) in [5.41, 5.74) is -0.293. The molecule has 14 heavy (non-hydrogen) atoms. The molecule has 0 aliphatic rings. The minimum absolute atomic E-state index is 0.229. The van der Waals surface area contributed by atoms with Crippen LogP contribution in [0, 0.1) is 0 Å². The van der Waals surface area contributed by atoms with Crippen molar-refractivity contribution in [1.82, 2.24) is 0 Å². The Balaban J connectivity index is 3.51. The van der Waals surface area contributed by atoms with Crippen LogP contribution in [0.4, 0.5) is 0 Å². The number of carbonyl (C=O) groups is 2. The average molecular weight is 210 g/mol. The summed E-state index contributed by atoms with van der Waals surface area (Å²) >= 11 is 4.59. The van der Waals surface area contributed by atoms with E-state index in [1.807, 2.05) is 0 Å².